The minimum atomic E-state index is -0.337. The number of nitrogens with zero attached hydrogens (tertiary/aromatic N) is 3. The third-order valence-electron chi connectivity index (χ3n) is 4.99. The zero-order chi connectivity index (χ0) is 21.3. The number of carbonyl (C=O) groups excluding carboxylic acids is 1. The highest BCUT2D eigenvalue weighted by Crippen LogP contribution is 2.30. The highest BCUT2D eigenvalue weighted by Gasteiger charge is 2.16. The molecular formula is C23H20FN3O2S. The zero-order valence-electron chi connectivity index (χ0n) is 16.6. The summed E-state index contributed by atoms with van der Waals surface area (Å²) in [5, 5.41) is 2.28. The second kappa shape index (κ2) is 8.20. The number of likely N-dealkylation sites (N-methyl/N-ethyl adjacent to an activating group) is 1. The molecule has 0 aliphatic carbocycles. The van der Waals surface area contributed by atoms with E-state index in [-0.39, 0.29) is 23.8 Å². The number of halogens is 1. The summed E-state index contributed by atoms with van der Waals surface area (Å²) in [5.41, 5.74) is 3.34. The SMILES string of the molecule is Cc1ccc(CN(C)C(=O)Cn2cnc3scc(-c4ccc(F)cc4)c3c2=O)cc1. The maximum Gasteiger partial charge on any atom is 0.263 e. The lowest BCUT2D eigenvalue weighted by molar-refractivity contribution is -0.131. The Morgan fingerprint density at radius 3 is 2.53 bits per heavy atom. The Morgan fingerprint density at radius 2 is 1.83 bits per heavy atom. The number of amides is 1. The summed E-state index contributed by atoms with van der Waals surface area (Å²) in [6.07, 6.45) is 1.41. The fraction of sp³-hybridized carbons (Fsp3) is 0.174. The van der Waals surface area contributed by atoms with Crippen molar-refractivity contribution in [1.29, 1.82) is 0 Å². The summed E-state index contributed by atoms with van der Waals surface area (Å²) >= 11 is 1.35. The van der Waals surface area contributed by atoms with Crippen LogP contribution in [-0.2, 0) is 17.9 Å². The normalized spacial score (nSPS) is 11.0. The molecule has 0 atom stereocenters. The van der Waals surface area contributed by atoms with Gasteiger partial charge in [-0.3, -0.25) is 14.2 Å². The number of benzene rings is 2. The van der Waals surface area contributed by atoms with Crippen LogP contribution in [0.3, 0.4) is 0 Å². The van der Waals surface area contributed by atoms with Crippen LogP contribution < -0.4 is 5.56 Å². The van der Waals surface area contributed by atoms with Gasteiger partial charge < -0.3 is 4.90 Å². The molecule has 1 amide bonds. The van der Waals surface area contributed by atoms with Crippen LogP contribution in [0, 0.1) is 12.7 Å². The Hall–Kier alpha value is -3.32. The summed E-state index contributed by atoms with van der Waals surface area (Å²) < 4.78 is 14.6. The monoisotopic (exact) mass is 421 g/mol. The molecule has 30 heavy (non-hydrogen) atoms. The number of fused-ring (bicyclic) bond motifs is 1. The van der Waals surface area contributed by atoms with Crippen molar-refractivity contribution < 1.29 is 9.18 Å². The van der Waals surface area contributed by atoms with E-state index in [0.29, 0.717) is 22.3 Å². The number of hydrogen-bond donors (Lipinski definition) is 0. The number of hydrogen-bond acceptors (Lipinski definition) is 4. The molecule has 0 saturated heterocycles. The van der Waals surface area contributed by atoms with Crippen molar-refractivity contribution in [3.63, 3.8) is 0 Å². The number of thiophene rings is 1. The van der Waals surface area contributed by atoms with E-state index in [9.17, 15) is 14.0 Å². The molecule has 0 saturated carbocycles. The van der Waals surface area contributed by atoms with E-state index in [2.05, 4.69) is 4.98 Å². The minimum absolute atomic E-state index is 0.0944. The van der Waals surface area contributed by atoms with Crippen LogP contribution in [0.2, 0.25) is 0 Å². The van der Waals surface area contributed by atoms with Crippen LogP contribution in [0.15, 0.2) is 65.0 Å². The summed E-state index contributed by atoms with van der Waals surface area (Å²) in [7, 11) is 1.72. The maximum atomic E-state index is 13.3. The molecule has 2 heterocycles. The van der Waals surface area contributed by atoms with Gasteiger partial charge in [0.2, 0.25) is 5.91 Å². The molecule has 0 fully saturated rings. The van der Waals surface area contributed by atoms with Gasteiger partial charge in [0, 0.05) is 24.5 Å². The number of carbonyl (C=O) groups is 1. The standard InChI is InChI=1S/C23H20FN3O2S/c1-15-3-5-16(6-4-15)11-26(2)20(28)12-27-14-25-22-21(23(27)29)19(13-30-22)17-7-9-18(24)10-8-17/h3-10,13-14H,11-12H2,1-2H3. The summed E-state index contributed by atoms with van der Waals surface area (Å²) in [5.74, 6) is -0.520. The molecule has 7 heteroatoms. The van der Waals surface area contributed by atoms with Crippen LogP contribution in [0.5, 0.6) is 0 Å². The van der Waals surface area contributed by atoms with Gasteiger partial charge in [-0.05, 0) is 30.2 Å². The predicted octanol–water partition coefficient (Wildman–Crippen LogP) is 4.23. The fourth-order valence-electron chi connectivity index (χ4n) is 3.24. The first-order valence-corrected chi connectivity index (χ1v) is 10.3. The van der Waals surface area contributed by atoms with Gasteiger partial charge in [0.05, 0.1) is 11.7 Å². The average Bonchev–Trinajstić information content (AvgIpc) is 3.17. The molecule has 0 unspecified atom stereocenters. The summed E-state index contributed by atoms with van der Waals surface area (Å²) in [6.45, 7) is 2.38. The fourth-order valence-corrected chi connectivity index (χ4v) is 4.15. The Balaban J connectivity index is 1.59. The Morgan fingerprint density at radius 1 is 1.13 bits per heavy atom. The summed E-state index contributed by atoms with van der Waals surface area (Å²) in [6, 6.07) is 14.0. The second-order valence-electron chi connectivity index (χ2n) is 7.25. The van der Waals surface area contributed by atoms with E-state index >= 15 is 0 Å². The number of rotatable bonds is 5. The lowest BCUT2D eigenvalue weighted by Crippen LogP contribution is -2.33. The first-order valence-electron chi connectivity index (χ1n) is 9.44. The van der Waals surface area contributed by atoms with E-state index in [1.54, 1.807) is 24.1 Å². The van der Waals surface area contributed by atoms with Gasteiger partial charge in [-0.2, -0.15) is 0 Å². The van der Waals surface area contributed by atoms with E-state index in [1.165, 1.54) is 34.4 Å². The molecule has 2 aromatic carbocycles. The van der Waals surface area contributed by atoms with Gasteiger partial charge in [-0.1, -0.05) is 42.0 Å². The molecule has 5 nitrogen and oxygen atoms in total. The molecule has 0 radical (unpaired) electrons. The van der Waals surface area contributed by atoms with Gasteiger partial charge in [0.15, 0.2) is 0 Å². The van der Waals surface area contributed by atoms with E-state index < -0.39 is 0 Å². The predicted molar refractivity (Wildman–Crippen MR) is 117 cm³/mol. The molecule has 0 aliphatic heterocycles. The first-order chi connectivity index (χ1) is 14.4. The van der Waals surface area contributed by atoms with Crippen molar-refractivity contribution in [2.24, 2.45) is 0 Å². The zero-order valence-corrected chi connectivity index (χ0v) is 17.4. The van der Waals surface area contributed by atoms with E-state index in [1.807, 2.05) is 36.6 Å². The Bertz CT molecular complexity index is 1260. The molecule has 4 rings (SSSR count). The molecular weight excluding hydrogens is 401 g/mol. The van der Waals surface area contributed by atoms with Crippen LogP contribution in [0.4, 0.5) is 4.39 Å². The topological polar surface area (TPSA) is 55.2 Å². The van der Waals surface area contributed by atoms with Crippen LogP contribution in [0.1, 0.15) is 11.1 Å². The molecule has 2 aromatic heterocycles. The minimum Gasteiger partial charge on any atom is -0.340 e. The maximum absolute atomic E-state index is 13.3. The first kappa shape index (κ1) is 20.0. The molecule has 0 N–H and O–H groups in total. The smallest absolute Gasteiger partial charge is 0.263 e. The second-order valence-corrected chi connectivity index (χ2v) is 8.11. The van der Waals surface area contributed by atoms with Crippen molar-refractivity contribution in [1.82, 2.24) is 14.5 Å². The summed E-state index contributed by atoms with van der Waals surface area (Å²) in [4.78, 5) is 32.3. The van der Waals surface area contributed by atoms with Crippen molar-refractivity contribution in [2.45, 2.75) is 20.0 Å². The number of aromatic nitrogens is 2. The third kappa shape index (κ3) is 4.02. The van der Waals surface area contributed by atoms with Crippen molar-refractivity contribution in [3.8, 4) is 11.1 Å². The highest BCUT2D eigenvalue weighted by atomic mass is 32.1. The van der Waals surface area contributed by atoms with Gasteiger partial charge in [0.1, 0.15) is 17.2 Å². The largest absolute Gasteiger partial charge is 0.340 e. The number of aryl methyl sites for hydroxylation is 1. The van der Waals surface area contributed by atoms with Gasteiger partial charge in [-0.15, -0.1) is 11.3 Å². The molecule has 0 aliphatic rings. The lowest BCUT2D eigenvalue weighted by Gasteiger charge is -2.18. The van der Waals surface area contributed by atoms with Crippen molar-refractivity contribution in [3.05, 3.63) is 87.5 Å². The van der Waals surface area contributed by atoms with E-state index in [4.69, 9.17) is 0 Å². The van der Waals surface area contributed by atoms with Crippen LogP contribution in [0.25, 0.3) is 21.3 Å². The Labute approximate surface area is 177 Å². The van der Waals surface area contributed by atoms with Gasteiger partial charge in [-0.25, -0.2) is 9.37 Å². The highest BCUT2D eigenvalue weighted by molar-refractivity contribution is 7.17. The lowest BCUT2D eigenvalue weighted by atomic mass is 10.1. The quantitative estimate of drug-likeness (QED) is 0.485. The van der Waals surface area contributed by atoms with Gasteiger partial charge in [0.25, 0.3) is 5.56 Å². The van der Waals surface area contributed by atoms with Crippen LogP contribution in [-0.4, -0.2) is 27.4 Å². The van der Waals surface area contributed by atoms with Crippen molar-refractivity contribution >= 4 is 27.5 Å². The molecule has 4 aromatic rings. The molecule has 0 spiro atoms. The van der Waals surface area contributed by atoms with Gasteiger partial charge >= 0.3 is 0 Å². The van der Waals surface area contributed by atoms with E-state index in [0.717, 1.165) is 16.7 Å². The Kier molecular flexibility index (Phi) is 5.46. The average molecular weight is 421 g/mol. The molecule has 0 bridgehead atoms. The van der Waals surface area contributed by atoms with Crippen LogP contribution >= 0.6 is 11.3 Å². The third-order valence-corrected chi connectivity index (χ3v) is 5.87. The molecule has 152 valence electrons. The van der Waals surface area contributed by atoms with Crippen molar-refractivity contribution in [2.75, 3.05) is 7.05 Å².